The summed E-state index contributed by atoms with van der Waals surface area (Å²) in [6.07, 6.45) is 1.76. The van der Waals surface area contributed by atoms with Crippen LogP contribution in [0, 0.1) is 6.92 Å². The van der Waals surface area contributed by atoms with E-state index in [1.165, 1.54) is 7.11 Å². The molecule has 144 valence electrons. The molecule has 3 aromatic carbocycles. The van der Waals surface area contributed by atoms with Gasteiger partial charge in [0, 0.05) is 11.1 Å². The van der Waals surface area contributed by atoms with Crippen LogP contribution in [0.1, 0.15) is 18.1 Å². The fourth-order valence-electron chi connectivity index (χ4n) is 3.80. The number of methoxy groups -OCH3 is 1. The van der Waals surface area contributed by atoms with Crippen molar-refractivity contribution >= 4 is 34.4 Å². The smallest absolute Gasteiger partial charge is 0.340 e. The molecule has 1 amide bonds. The lowest BCUT2D eigenvalue weighted by Crippen LogP contribution is -2.24. The van der Waals surface area contributed by atoms with Gasteiger partial charge in [-0.05, 0) is 36.9 Å². The molecule has 0 radical (unpaired) electrons. The molecule has 0 unspecified atom stereocenters. The zero-order chi connectivity index (χ0) is 20.5. The average molecular weight is 383 g/mol. The molecule has 4 heteroatoms. The van der Waals surface area contributed by atoms with Crippen LogP contribution in [-0.2, 0) is 14.3 Å². The summed E-state index contributed by atoms with van der Waals surface area (Å²) in [4.78, 5) is 27.7. The fourth-order valence-corrected chi connectivity index (χ4v) is 3.80. The van der Waals surface area contributed by atoms with Crippen molar-refractivity contribution in [2.75, 3.05) is 12.0 Å². The molecule has 1 heterocycles. The first kappa shape index (κ1) is 18.7. The Morgan fingerprint density at radius 1 is 0.966 bits per heavy atom. The fraction of sp³-hybridized carbons (Fsp3) is 0.120. The quantitative estimate of drug-likeness (QED) is 0.471. The minimum absolute atomic E-state index is 0.235. The van der Waals surface area contributed by atoms with E-state index in [0.717, 1.165) is 27.6 Å². The Morgan fingerprint density at radius 2 is 1.69 bits per heavy atom. The van der Waals surface area contributed by atoms with Gasteiger partial charge in [-0.1, -0.05) is 66.2 Å². The number of fused-ring (bicyclic) bond motifs is 1. The maximum atomic E-state index is 13.5. The van der Waals surface area contributed by atoms with Gasteiger partial charge < -0.3 is 4.74 Å². The molecule has 0 bridgehead atoms. The van der Waals surface area contributed by atoms with E-state index in [-0.39, 0.29) is 5.91 Å². The van der Waals surface area contributed by atoms with Crippen LogP contribution in [0.3, 0.4) is 0 Å². The zero-order valence-electron chi connectivity index (χ0n) is 16.6. The Labute approximate surface area is 169 Å². The number of anilines is 1. The molecule has 0 N–H and O–H groups in total. The molecule has 4 rings (SSSR count). The third kappa shape index (κ3) is 3.23. The van der Waals surface area contributed by atoms with Gasteiger partial charge in [0.15, 0.2) is 0 Å². The van der Waals surface area contributed by atoms with Gasteiger partial charge in [-0.2, -0.15) is 0 Å². The van der Waals surface area contributed by atoms with Crippen LogP contribution in [0.2, 0.25) is 0 Å². The van der Waals surface area contributed by atoms with E-state index >= 15 is 0 Å². The largest absolute Gasteiger partial charge is 0.465 e. The molecule has 29 heavy (non-hydrogen) atoms. The van der Waals surface area contributed by atoms with Crippen molar-refractivity contribution in [1.82, 2.24) is 0 Å². The van der Waals surface area contributed by atoms with Crippen molar-refractivity contribution in [2.24, 2.45) is 0 Å². The number of amides is 1. The Bertz CT molecular complexity index is 1200. The van der Waals surface area contributed by atoms with Gasteiger partial charge in [0.2, 0.25) is 0 Å². The van der Waals surface area contributed by atoms with E-state index < -0.39 is 5.97 Å². The first-order chi connectivity index (χ1) is 14.0. The molecule has 0 aliphatic carbocycles. The van der Waals surface area contributed by atoms with E-state index in [0.29, 0.717) is 16.8 Å². The van der Waals surface area contributed by atoms with Crippen LogP contribution in [-0.4, -0.2) is 19.0 Å². The third-order valence-corrected chi connectivity index (χ3v) is 5.15. The lowest BCUT2D eigenvalue weighted by molar-refractivity contribution is -0.136. The van der Waals surface area contributed by atoms with Crippen molar-refractivity contribution < 1.29 is 14.3 Å². The highest BCUT2D eigenvalue weighted by Gasteiger charge is 2.38. The van der Waals surface area contributed by atoms with Crippen molar-refractivity contribution in [3.8, 4) is 0 Å². The summed E-state index contributed by atoms with van der Waals surface area (Å²) in [6.45, 7) is 3.77. The van der Waals surface area contributed by atoms with Crippen LogP contribution in [0.15, 0.2) is 83.6 Å². The molecule has 0 spiro atoms. The van der Waals surface area contributed by atoms with Crippen molar-refractivity contribution in [2.45, 2.75) is 13.8 Å². The minimum Gasteiger partial charge on any atom is -0.465 e. The first-order valence-corrected chi connectivity index (χ1v) is 9.41. The second-order valence-electron chi connectivity index (χ2n) is 7.06. The number of rotatable bonds is 3. The second kappa shape index (κ2) is 7.40. The maximum absolute atomic E-state index is 13.5. The van der Waals surface area contributed by atoms with E-state index in [1.54, 1.807) is 17.9 Å². The van der Waals surface area contributed by atoms with Crippen LogP contribution < -0.4 is 4.90 Å². The monoisotopic (exact) mass is 383 g/mol. The number of allylic oxidation sites excluding steroid dienone is 1. The van der Waals surface area contributed by atoms with E-state index in [1.807, 2.05) is 73.7 Å². The Balaban J connectivity index is 1.92. The van der Waals surface area contributed by atoms with Crippen LogP contribution >= 0.6 is 0 Å². The molecule has 0 saturated heterocycles. The highest BCUT2D eigenvalue weighted by molar-refractivity contribution is 6.25. The minimum atomic E-state index is -0.516. The van der Waals surface area contributed by atoms with E-state index in [2.05, 4.69) is 0 Å². The predicted octanol–water partition coefficient (Wildman–Crippen LogP) is 5.03. The number of hydrogen-bond donors (Lipinski definition) is 0. The van der Waals surface area contributed by atoms with E-state index in [4.69, 9.17) is 4.74 Å². The molecule has 0 saturated carbocycles. The highest BCUT2D eigenvalue weighted by Crippen LogP contribution is 2.38. The molecule has 4 nitrogen and oxygen atoms in total. The van der Waals surface area contributed by atoms with Crippen LogP contribution in [0.4, 0.5) is 5.69 Å². The number of esters is 1. The van der Waals surface area contributed by atoms with Gasteiger partial charge in [-0.3, -0.25) is 9.69 Å². The topological polar surface area (TPSA) is 46.6 Å². The second-order valence-corrected chi connectivity index (χ2v) is 7.06. The molecule has 3 aromatic rings. The molecular formula is C25H21NO3. The highest BCUT2D eigenvalue weighted by atomic mass is 16.5. The van der Waals surface area contributed by atoms with Gasteiger partial charge in [0.1, 0.15) is 0 Å². The number of aryl methyl sites for hydroxylation is 1. The number of carbonyl (C=O) groups is 2. The number of nitrogens with zero attached hydrogens (tertiary/aromatic N) is 1. The summed E-state index contributed by atoms with van der Waals surface area (Å²) in [5.41, 5.74) is 3.90. The van der Waals surface area contributed by atoms with Crippen molar-refractivity contribution in [3.63, 3.8) is 0 Å². The number of hydrogen-bond acceptors (Lipinski definition) is 3. The SMILES string of the molecule is COC(=O)C1=C(C)N(c2cccc3ccccc23)C(=O)/C1=C\c1cccc(C)c1. The summed E-state index contributed by atoms with van der Waals surface area (Å²) in [5.74, 6) is -0.752. The van der Waals surface area contributed by atoms with Gasteiger partial charge in [0.05, 0.1) is 23.9 Å². The predicted molar refractivity (Wildman–Crippen MR) is 115 cm³/mol. The molecular weight excluding hydrogens is 362 g/mol. The van der Waals surface area contributed by atoms with Gasteiger partial charge in [-0.15, -0.1) is 0 Å². The van der Waals surface area contributed by atoms with Crippen molar-refractivity contribution in [1.29, 1.82) is 0 Å². The Kier molecular flexibility index (Phi) is 4.77. The van der Waals surface area contributed by atoms with Crippen LogP contribution in [0.5, 0.6) is 0 Å². The molecule has 0 atom stereocenters. The summed E-state index contributed by atoms with van der Waals surface area (Å²) in [6, 6.07) is 21.5. The standard InChI is InChI=1S/C25H21NO3/c1-16-8-6-9-18(14-16)15-21-23(25(28)29-3)17(2)26(24(21)27)22-13-7-11-19-10-4-5-12-20(19)22/h4-15H,1-3H3/b21-15-. The third-order valence-electron chi connectivity index (χ3n) is 5.15. The molecule has 0 fully saturated rings. The molecule has 1 aliphatic rings. The van der Waals surface area contributed by atoms with Crippen molar-refractivity contribution in [3.05, 3.63) is 94.7 Å². The number of carbonyl (C=O) groups excluding carboxylic acids is 2. The molecule has 0 aromatic heterocycles. The Morgan fingerprint density at radius 3 is 2.45 bits per heavy atom. The molecule has 1 aliphatic heterocycles. The first-order valence-electron chi connectivity index (χ1n) is 9.41. The normalized spacial score (nSPS) is 15.5. The van der Waals surface area contributed by atoms with Gasteiger partial charge in [-0.25, -0.2) is 4.79 Å². The summed E-state index contributed by atoms with van der Waals surface area (Å²) >= 11 is 0. The zero-order valence-corrected chi connectivity index (χ0v) is 16.6. The number of ether oxygens (including phenoxy) is 1. The van der Waals surface area contributed by atoms with Gasteiger partial charge >= 0.3 is 5.97 Å². The summed E-state index contributed by atoms with van der Waals surface area (Å²) in [7, 11) is 1.33. The maximum Gasteiger partial charge on any atom is 0.340 e. The summed E-state index contributed by atoms with van der Waals surface area (Å²) in [5, 5.41) is 1.98. The summed E-state index contributed by atoms with van der Waals surface area (Å²) < 4.78 is 5.00. The average Bonchev–Trinajstić information content (AvgIpc) is 2.96. The lowest BCUT2D eigenvalue weighted by atomic mass is 10.0. The lowest BCUT2D eigenvalue weighted by Gasteiger charge is -2.20. The van der Waals surface area contributed by atoms with Gasteiger partial charge in [0.25, 0.3) is 5.91 Å². The van der Waals surface area contributed by atoms with E-state index in [9.17, 15) is 9.59 Å². The van der Waals surface area contributed by atoms with Crippen LogP contribution in [0.25, 0.3) is 16.8 Å². The number of benzene rings is 3. The Hall–Kier alpha value is -3.66.